The van der Waals surface area contributed by atoms with Crippen LogP contribution in [0.1, 0.15) is 37.0 Å². The van der Waals surface area contributed by atoms with Gasteiger partial charge in [-0.2, -0.15) is 0 Å². The number of benzene rings is 1. The van der Waals surface area contributed by atoms with Gasteiger partial charge in [0.15, 0.2) is 0 Å². The van der Waals surface area contributed by atoms with E-state index in [9.17, 15) is 14.9 Å². The van der Waals surface area contributed by atoms with Gasteiger partial charge in [-0.1, -0.05) is 0 Å². The first kappa shape index (κ1) is 18.6. The topological polar surface area (TPSA) is 99.9 Å². The number of nitrogens with one attached hydrogen (secondary N) is 2. The predicted molar refractivity (Wildman–Crippen MR) is 107 cm³/mol. The number of carbonyl (C=O) groups excluding carboxylic acids is 1. The van der Waals surface area contributed by atoms with Gasteiger partial charge in [-0.05, 0) is 44.4 Å². The van der Waals surface area contributed by atoms with E-state index >= 15 is 0 Å². The van der Waals surface area contributed by atoms with Crippen molar-refractivity contribution >= 4 is 17.4 Å². The van der Waals surface area contributed by atoms with E-state index in [2.05, 4.69) is 29.5 Å². The molecule has 3 aliphatic rings. The zero-order chi connectivity index (χ0) is 19.9. The van der Waals surface area contributed by atoms with Gasteiger partial charge in [-0.15, -0.1) is 0 Å². The lowest BCUT2D eigenvalue weighted by atomic mass is 9.95. The van der Waals surface area contributed by atoms with Crippen molar-refractivity contribution in [2.45, 2.75) is 38.3 Å². The lowest BCUT2D eigenvalue weighted by molar-refractivity contribution is -0.384. The summed E-state index contributed by atoms with van der Waals surface area (Å²) < 4.78 is 0. The van der Waals surface area contributed by atoms with Crippen LogP contribution in [0.2, 0.25) is 0 Å². The molecule has 1 fully saturated rings. The maximum atomic E-state index is 12.8. The number of amidine groups is 1. The molecule has 148 valence electrons. The van der Waals surface area contributed by atoms with Gasteiger partial charge in [-0.25, -0.2) is 0 Å². The second kappa shape index (κ2) is 7.01. The highest BCUT2D eigenvalue weighted by Gasteiger charge is 2.37. The normalized spacial score (nSPS) is 23.4. The summed E-state index contributed by atoms with van der Waals surface area (Å²) in [6.45, 7) is 7.22. The van der Waals surface area contributed by atoms with Crippen LogP contribution >= 0.6 is 0 Å². The third-order valence-electron chi connectivity index (χ3n) is 5.88. The van der Waals surface area contributed by atoms with E-state index in [-0.39, 0.29) is 23.2 Å². The maximum absolute atomic E-state index is 12.8. The first-order valence-corrected chi connectivity index (χ1v) is 9.68. The second-order valence-corrected chi connectivity index (χ2v) is 8.14. The van der Waals surface area contributed by atoms with Crippen LogP contribution in [0.15, 0.2) is 40.4 Å². The number of hydrogen-bond acceptors (Lipinski definition) is 6. The Kier molecular flexibility index (Phi) is 4.66. The highest BCUT2D eigenvalue weighted by atomic mass is 16.6. The smallest absolute Gasteiger partial charge is 0.269 e. The largest absolute Gasteiger partial charge is 0.366 e. The molecule has 0 aromatic heterocycles. The Labute approximate surface area is 163 Å². The number of non-ortho nitro benzene ring substituents is 1. The molecule has 1 unspecified atom stereocenters. The van der Waals surface area contributed by atoms with Crippen LogP contribution in [-0.2, 0) is 0 Å². The predicted octanol–water partition coefficient (Wildman–Crippen LogP) is 1.88. The number of nitro benzene ring substituents is 1. The zero-order valence-electron chi connectivity index (χ0n) is 16.2. The van der Waals surface area contributed by atoms with Gasteiger partial charge < -0.3 is 15.5 Å². The molecule has 3 aliphatic heterocycles. The molecule has 4 rings (SSSR count). The number of nitrogens with zero attached hydrogens (tertiary/aromatic N) is 3. The van der Waals surface area contributed by atoms with E-state index < -0.39 is 4.92 Å². The van der Waals surface area contributed by atoms with Gasteiger partial charge in [0.1, 0.15) is 5.84 Å². The van der Waals surface area contributed by atoms with Crippen LogP contribution in [0.3, 0.4) is 0 Å². The molecule has 0 bridgehead atoms. The van der Waals surface area contributed by atoms with Gasteiger partial charge in [0.25, 0.3) is 11.6 Å². The number of piperidine rings is 1. The van der Waals surface area contributed by atoms with Crippen LogP contribution in [0.4, 0.5) is 5.69 Å². The molecular formula is C20H25N5O3. The molecule has 1 aromatic rings. The monoisotopic (exact) mass is 383 g/mol. The second-order valence-electron chi connectivity index (χ2n) is 8.14. The Hall–Kier alpha value is -2.74. The first-order chi connectivity index (χ1) is 13.3. The molecule has 2 N–H and O–H groups in total. The van der Waals surface area contributed by atoms with Crippen molar-refractivity contribution in [3.8, 4) is 0 Å². The molecule has 0 radical (unpaired) electrons. The highest BCUT2D eigenvalue weighted by Crippen LogP contribution is 2.30. The summed E-state index contributed by atoms with van der Waals surface area (Å²) in [5.74, 6) is 0.876. The molecule has 1 saturated heterocycles. The SMILES string of the molecule is CC1(C)NCC2=C1CN=C2NC1CCCN(C(=O)c2ccc([N+](=O)[O-])cc2)C1. The Bertz CT molecular complexity index is 872. The number of rotatable bonds is 3. The third kappa shape index (κ3) is 3.40. The Morgan fingerprint density at radius 1 is 1.36 bits per heavy atom. The molecule has 8 nitrogen and oxygen atoms in total. The Morgan fingerprint density at radius 2 is 2.11 bits per heavy atom. The molecule has 28 heavy (non-hydrogen) atoms. The summed E-state index contributed by atoms with van der Waals surface area (Å²) in [6, 6.07) is 5.97. The highest BCUT2D eigenvalue weighted by molar-refractivity contribution is 6.02. The van der Waals surface area contributed by atoms with Crippen molar-refractivity contribution < 1.29 is 9.72 Å². The molecule has 0 spiro atoms. The number of carbonyl (C=O) groups is 1. The van der Waals surface area contributed by atoms with Gasteiger partial charge in [0.05, 0.1) is 11.5 Å². The number of likely N-dealkylation sites (tertiary alicyclic amines) is 1. The summed E-state index contributed by atoms with van der Waals surface area (Å²) in [5.41, 5.74) is 3.09. The van der Waals surface area contributed by atoms with Crippen molar-refractivity contribution in [1.29, 1.82) is 0 Å². The van der Waals surface area contributed by atoms with Crippen molar-refractivity contribution in [3.05, 3.63) is 51.1 Å². The van der Waals surface area contributed by atoms with Gasteiger partial charge in [0, 0.05) is 54.5 Å². The van der Waals surface area contributed by atoms with Gasteiger partial charge in [-0.3, -0.25) is 19.9 Å². The van der Waals surface area contributed by atoms with Gasteiger partial charge in [0.2, 0.25) is 0 Å². The minimum Gasteiger partial charge on any atom is -0.366 e. The van der Waals surface area contributed by atoms with Crippen molar-refractivity contribution in [1.82, 2.24) is 15.5 Å². The molecular weight excluding hydrogens is 358 g/mol. The van der Waals surface area contributed by atoms with Crippen LogP contribution < -0.4 is 10.6 Å². The minimum atomic E-state index is -0.459. The minimum absolute atomic E-state index is 0.00719. The van der Waals surface area contributed by atoms with Crippen LogP contribution in [0.5, 0.6) is 0 Å². The van der Waals surface area contributed by atoms with E-state index in [0.717, 1.165) is 31.8 Å². The number of aliphatic imine (C=N–C) groups is 1. The molecule has 1 aromatic carbocycles. The van der Waals surface area contributed by atoms with E-state index in [1.807, 2.05) is 4.90 Å². The van der Waals surface area contributed by atoms with Crippen molar-refractivity contribution in [2.75, 3.05) is 26.2 Å². The van der Waals surface area contributed by atoms with Crippen LogP contribution in [0, 0.1) is 10.1 Å². The summed E-state index contributed by atoms with van der Waals surface area (Å²) in [6.07, 6.45) is 1.90. The molecule has 3 heterocycles. The molecule has 8 heteroatoms. The summed E-state index contributed by atoms with van der Waals surface area (Å²) in [5, 5.41) is 17.9. The van der Waals surface area contributed by atoms with Crippen LogP contribution in [0.25, 0.3) is 0 Å². The van der Waals surface area contributed by atoms with E-state index in [1.54, 1.807) is 0 Å². The fourth-order valence-corrected chi connectivity index (χ4v) is 4.19. The first-order valence-electron chi connectivity index (χ1n) is 9.68. The van der Waals surface area contributed by atoms with Crippen molar-refractivity contribution in [3.63, 3.8) is 0 Å². The Morgan fingerprint density at radius 3 is 2.82 bits per heavy atom. The van der Waals surface area contributed by atoms with E-state index in [0.29, 0.717) is 18.7 Å². The number of nitro groups is 1. The number of hydrogen-bond donors (Lipinski definition) is 2. The van der Waals surface area contributed by atoms with Crippen LogP contribution in [-0.4, -0.2) is 59.3 Å². The maximum Gasteiger partial charge on any atom is 0.269 e. The average molecular weight is 383 g/mol. The summed E-state index contributed by atoms with van der Waals surface area (Å²) in [4.78, 5) is 29.7. The molecule has 0 aliphatic carbocycles. The third-order valence-corrected chi connectivity index (χ3v) is 5.88. The average Bonchev–Trinajstić information content (AvgIpc) is 3.22. The van der Waals surface area contributed by atoms with Gasteiger partial charge >= 0.3 is 0 Å². The zero-order valence-corrected chi connectivity index (χ0v) is 16.2. The van der Waals surface area contributed by atoms with E-state index in [1.165, 1.54) is 35.4 Å². The summed E-state index contributed by atoms with van der Waals surface area (Å²) in [7, 11) is 0. The summed E-state index contributed by atoms with van der Waals surface area (Å²) >= 11 is 0. The lowest BCUT2D eigenvalue weighted by Gasteiger charge is -2.34. The molecule has 1 amide bonds. The standard InChI is InChI=1S/C20H25N5O3/c1-20(2)17-11-21-18(16(17)10-22-20)23-14-4-3-9-24(12-14)19(26)13-5-7-15(8-6-13)25(27)28/h5-8,14,22H,3-4,9-12H2,1-2H3,(H,21,23). The molecule has 0 saturated carbocycles. The van der Waals surface area contributed by atoms with E-state index in [4.69, 9.17) is 0 Å². The quantitative estimate of drug-likeness (QED) is 0.613. The van der Waals surface area contributed by atoms with Crippen molar-refractivity contribution in [2.24, 2.45) is 4.99 Å². The lowest BCUT2D eigenvalue weighted by Crippen LogP contribution is -2.50. The Balaban J connectivity index is 1.41. The molecule has 1 atom stereocenters. The fraction of sp³-hybridized carbons (Fsp3) is 0.500. The number of amides is 1. The fourth-order valence-electron chi connectivity index (χ4n) is 4.19.